The molecule has 0 saturated carbocycles. The van der Waals surface area contributed by atoms with Crippen molar-refractivity contribution < 1.29 is 0 Å². The minimum Gasteiger partial charge on any atom is -0.307 e. The number of nitrogens with zero attached hydrogens (tertiary/aromatic N) is 6. The Labute approximate surface area is 167 Å². The van der Waals surface area contributed by atoms with E-state index in [0.29, 0.717) is 12.0 Å². The van der Waals surface area contributed by atoms with Gasteiger partial charge >= 0.3 is 0 Å². The van der Waals surface area contributed by atoms with Gasteiger partial charge in [-0.3, -0.25) is 9.58 Å². The van der Waals surface area contributed by atoms with Gasteiger partial charge in [0.1, 0.15) is 0 Å². The average molecular weight is 392 g/mol. The third kappa shape index (κ3) is 3.36. The normalized spacial score (nSPS) is 15.9. The highest BCUT2D eigenvalue weighted by molar-refractivity contribution is 7.16. The number of thiazole rings is 1. The van der Waals surface area contributed by atoms with E-state index in [1.807, 2.05) is 5.51 Å². The molecule has 28 heavy (non-hydrogen) atoms. The predicted octanol–water partition coefficient (Wildman–Crippen LogP) is 3.65. The van der Waals surface area contributed by atoms with E-state index in [2.05, 4.69) is 61.0 Å². The number of anilines is 2. The molecular formula is C20H21N7S. The highest BCUT2D eigenvalue weighted by Gasteiger charge is 2.21. The van der Waals surface area contributed by atoms with Crippen LogP contribution in [0.3, 0.4) is 0 Å². The zero-order valence-electron chi connectivity index (χ0n) is 15.6. The maximum absolute atomic E-state index is 4.70. The fourth-order valence-electron chi connectivity index (χ4n) is 3.72. The van der Waals surface area contributed by atoms with E-state index in [-0.39, 0.29) is 0 Å². The lowest BCUT2D eigenvalue weighted by molar-refractivity contribution is 0.214. The maximum Gasteiger partial charge on any atom is 0.228 e. The average Bonchev–Trinajstić information content (AvgIpc) is 3.30. The Morgan fingerprint density at radius 1 is 1.07 bits per heavy atom. The number of rotatable bonds is 4. The van der Waals surface area contributed by atoms with Gasteiger partial charge in [0.05, 0.1) is 22.3 Å². The van der Waals surface area contributed by atoms with E-state index >= 15 is 0 Å². The lowest BCUT2D eigenvalue weighted by Gasteiger charge is -2.27. The highest BCUT2D eigenvalue weighted by atomic mass is 32.1. The van der Waals surface area contributed by atoms with Crippen LogP contribution in [0.25, 0.3) is 10.2 Å². The smallest absolute Gasteiger partial charge is 0.228 e. The number of hydrogen-bond acceptors (Lipinski definition) is 7. The first-order valence-corrected chi connectivity index (χ1v) is 10.3. The summed E-state index contributed by atoms with van der Waals surface area (Å²) in [7, 11) is 0. The molecule has 7 nitrogen and oxygen atoms in total. The first-order chi connectivity index (χ1) is 13.8. The minimum atomic E-state index is 0.353. The standard InChI is InChI=1S/C20H21N7S/c1-14(15-3-4-18-17(11-15)23-13-28-18)26-8-5-16-12-19(25-27(16)10-9-26)24-20-21-6-2-7-22-20/h2-4,6-7,11-14H,5,8-10H2,1H3,(H,21,22,24,25). The second-order valence-electron chi connectivity index (χ2n) is 6.98. The van der Waals surface area contributed by atoms with Gasteiger partial charge in [0, 0.05) is 49.7 Å². The Kier molecular flexibility index (Phi) is 4.50. The van der Waals surface area contributed by atoms with Crippen LogP contribution in [-0.4, -0.2) is 42.7 Å². The van der Waals surface area contributed by atoms with Crippen molar-refractivity contribution in [2.24, 2.45) is 0 Å². The molecule has 3 aromatic heterocycles. The van der Waals surface area contributed by atoms with Gasteiger partial charge in [0.15, 0.2) is 5.82 Å². The van der Waals surface area contributed by atoms with Gasteiger partial charge in [-0.05, 0) is 30.7 Å². The molecule has 0 radical (unpaired) electrons. The molecule has 0 aliphatic carbocycles. The van der Waals surface area contributed by atoms with Crippen molar-refractivity contribution in [1.29, 1.82) is 0 Å². The van der Waals surface area contributed by atoms with Crippen LogP contribution < -0.4 is 5.32 Å². The van der Waals surface area contributed by atoms with Crippen LogP contribution in [0.5, 0.6) is 0 Å². The predicted molar refractivity (Wildman–Crippen MR) is 111 cm³/mol. The zero-order valence-corrected chi connectivity index (χ0v) is 16.4. The number of hydrogen-bond donors (Lipinski definition) is 1. The molecule has 0 fully saturated rings. The Hall–Kier alpha value is -2.84. The van der Waals surface area contributed by atoms with Crippen molar-refractivity contribution in [3.05, 3.63) is 59.5 Å². The lowest BCUT2D eigenvalue weighted by atomic mass is 10.1. The van der Waals surface area contributed by atoms with Gasteiger partial charge < -0.3 is 5.32 Å². The molecule has 1 aliphatic heterocycles. The highest BCUT2D eigenvalue weighted by Crippen LogP contribution is 2.27. The van der Waals surface area contributed by atoms with Crippen LogP contribution in [0.2, 0.25) is 0 Å². The van der Waals surface area contributed by atoms with Crippen LogP contribution in [0.15, 0.2) is 48.2 Å². The maximum atomic E-state index is 4.70. The molecule has 142 valence electrons. The van der Waals surface area contributed by atoms with E-state index in [4.69, 9.17) is 5.10 Å². The van der Waals surface area contributed by atoms with E-state index in [0.717, 1.165) is 37.4 Å². The Bertz CT molecular complexity index is 1060. The molecule has 0 spiro atoms. The summed E-state index contributed by atoms with van der Waals surface area (Å²) >= 11 is 1.69. The largest absolute Gasteiger partial charge is 0.307 e. The molecule has 0 saturated heterocycles. The topological polar surface area (TPSA) is 71.8 Å². The molecule has 1 unspecified atom stereocenters. The third-order valence-corrected chi connectivity index (χ3v) is 6.12. The van der Waals surface area contributed by atoms with Gasteiger partial charge in [-0.15, -0.1) is 11.3 Å². The zero-order chi connectivity index (χ0) is 18.9. The van der Waals surface area contributed by atoms with Crippen molar-refractivity contribution in [1.82, 2.24) is 29.6 Å². The quantitative estimate of drug-likeness (QED) is 0.573. The van der Waals surface area contributed by atoms with Crippen molar-refractivity contribution in [2.45, 2.75) is 25.9 Å². The van der Waals surface area contributed by atoms with Crippen LogP contribution in [-0.2, 0) is 13.0 Å². The molecule has 1 aliphatic rings. The molecule has 1 N–H and O–H groups in total. The van der Waals surface area contributed by atoms with E-state index in [1.54, 1.807) is 29.8 Å². The molecule has 5 rings (SSSR count). The summed E-state index contributed by atoms with van der Waals surface area (Å²) in [6, 6.07) is 10.9. The summed E-state index contributed by atoms with van der Waals surface area (Å²) in [6.45, 7) is 5.12. The van der Waals surface area contributed by atoms with Crippen LogP contribution >= 0.6 is 11.3 Å². The molecule has 1 atom stereocenters. The Morgan fingerprint density at radius 3 is 2.86 bits per heavy atom. The van der Waals surface area contributed by atoms with Crippen molar-refractivity contribution >= 4 is 33.3 Å². The molecule has 0 bridgehead atoms. The Morgan fingerprint density at radius 2 is 1.96 bits per heavy atom. The van der Waals surface area contributed by atoms with Gasteiger partial charge in [-0.2, -0.15) is 5.10 Å². The van der Waals surface area contributed by atoms with Gasteiger partial charge in [0.2, 0.25) is 5.95 Å². The second-order valence-corrected chi connectivity index (χ2v) is 7.87. The Balaban J connectivity index is 1.29. The summed E-state index contributed by atoms with van der Waals surface area (Å²) < 4.78 is 3.34. The second kappa shape index (κ2) is 7.29. The fraction of sp³-hybridized carbons (Fsp3) is 0.300. The molecule has 8 heteroatoms. The van der Waals surface area contributed by atoms with Crippen molar-refractivity contribution in [3.8, 4) is 0 Å². The molecule has 0 amide bonds. The number of benzene rings is 1. The van der Waals surface area contributed by atoms with Gasteiger partial charge in [-0.1, -0.05) is 6.07 Å². The van der Waals surface area contributed by atoms with Crippen LogP contribution in [0.1, 0.15) is 24.2 Å². The van der Waals surface area contributed by atoms with E-state index in [1.165, 1.54) is 16.0 Å². The summed E-state index contributed by atoms with van der Waals surface area (Å²) in [5.74, 6) is 1.38. The summed E-state index contributed by atoms with van der Waals surface area (Å²) in [5, 5.41) is 7.88. The van der Waals surface area contributed by atoms with Crippen molar-refractivity contribution in [3.63, 3.8) is 0 Å². The summed E-state index contributed by atoms with van der Waals surface area (Å²) in [4.78, 5) is 15.4. The fourth-order valence-corrected chi connectivity index (χ4v) is 4.37. The van der Waals surface area contributed by atoms with Crippen LogP contribution in [0, 0.1) is 0 Å². The summed E-state index contributed by atoms with van der Waals surface area (Å²) in [5.41, 5.74) is 5.57. The van der Waals surface area contributed by atoms with Gasteiger partial charge in [0.25, 0.3) is 0 Å². The van der Waals surface area contributed by atoms with Crippen molar-refractivity contribution in [2.75, 3.05) is 18.4 Å². The van der Waals surface area contributed by atoms with E-state index < -0.39 is 0 Å². The van der Waals surface area contributed by atoms with Crippen LogP contribution in [0.4, 0.5) is 11.8 Å². The number of nitrogens with one attached hydrogen (secondary N) is 1. The summed E-state index contributed by atoms with van der Waals surface area (Å²) in [6.07, 6.45) is 4.41. The number of aromatic nitrogens is 5. The van der Waals surface area contributed by atoms with Gasteiger partial charge in [-0.25, -0.2) is 15.0 Å². The lowest BCUT2D eigenvalue weighted by Crippen LogP contribution is -2.30. The van der Waals surface area contributed by atoms with E-state index in [9.17, 15) is 0 Å². The first-order valence-electron chi connectivity index (χ1n) is 9.44. The first kappa shape index (κ1) is 17.3. The third-order valence-electron chi connectivity index (χ3n) is 5.31. The minimum absolute atomic E-state index is 0.353. The molecular weight excluding hydrogens is 370 g/mol. The monoisotopic (exact) mass is 391 g/mol. The molecule has 1 aromatic carbocycles. The molecule has 4 aromatic rings. The number of fused-ring (bicyclic) bond motifs is 2. The SMILES string of the molecule is CC(c1ccc2scnc2c1)N1CCc2cc(Nc3ncccn3)nn2CC1. The molecule has 4 heterocycles.